The number of hydrogen-bond donors (Lipinski definition) is 3. The third-order valence-corrected chi connectivity index (χ3v) is 3.58. The predicted molar refractivity (Wildman–Crippen MR) is 98.3 cm³/mol. The van der Waals surface area contributed by atoms with Crippen molar-refractivity contribution in [3.63, 3.8) is 0 Å². The number of aliphatic imine (C=N–C) groups is 1. The van der Waals surface area contributed by atoms with Gasteiger partial charge < -0.3 is 15.7 Å². The fourth-order valence-electron chi connectivity index (χ4n) is 2.55. The van der Waals surface area contributed by atoms with Gasteiger partial charge in [-0.05, 0) is 30.9 Å². The average molecular weight is 401 g/mol. The Kier molecular flexibility index (Phi) is 7.17. The zero-order chi connectivity index (χ0) is 14.4. The van der Waals surface area contributed by atoms with E-state index in [0.29, 0.717) is 19.0 Å². The van der Waals surface area contributed by atoms with Crippen LogP contribution in [0.2, 0.25) is 0 Å². The molecule has 0 saturated carbocycles. The lowest BCUT2D eigenvalue weighted by molar-refractivity contribution is 0.0485. The average Bonchev–Trinajstić information content (AvgIpc) is 2.81. The molecule has 0 radical (unpaired) electrons. The summed E-state index contributed by atoms with van der Waals surface area (Å²) in [5.41, 5.74) is 1.41. The van der Waals surface area contributed by atoms with Gasteiger partial charge in [-0.3, -0.25) is 0 Å². The highest BCUT2D eigenvalue weighted by Crippen LogP contribution is 2.36. The zero-order valence-electron chi connectivity index (χ0n) is 12.4. The fraction of sp³-hybridized carbons (Fsp3) is 0.438. The summed E-state index contributed by atoms with van der Waals surface area (Å²) in [6, 6.07) is 8.07. The third-order valence-electron chi connectivity index (χ3n) is 3.58. The molecule has 0 amide bonds. The second-order valence-corrected chi connectivity index (χ2v) is 5.05. The Hall–Kier alpha value is -1.08. The number of nitrogens with one attached hydrogen (secondary N) is 2. The molecule has 1 aliphatic carbocycles. The smallest absolute Gasteiger partial charge is 0.191 e. The molecule has 4 nitrogen and oxygen atoms in total. The lowest BCUT2D eigenvalue weighted by atomic mass is 9.96. The first-order valence-corrected chi connectivity index (χ1v) is 7.13. The van der Waals surface area contributed by atoms with E-state index in [-0.39, 0.29) is 24.0 Å². The van der Waals surface area contributed by atoms with Crippen LogP contribution in [0.25, 0.3) is 0 Å². The summed E-state index contributed by atoms with van der Waals surface area (Å²) in [7, 11) is 0. The molecule has 1 aromatic rings. The van der Waals surface area contributed by atoms with Crippen LogP contribution in [0.1, 0.15) is 24.5 Å². The number of aliphatic hydroxyl groups is 1. The van der Waals surface area contributed by atoms with E-state index < -0.39 is 5.60 Å². The van der Waals surface area contributed by atoms with Gasteiger partial charge in [0, 0.05) is 13.1 Å². The summed E-state index contributed by atoms with van der Waals surface area (Å²) in [5.74, 6) is 0.713. The predicted octanol–water partition coefficient (Wildman–Crippen LogP) is 2.18. The molecule has 0 aliphatic heterocycles. The highest BCUT2D eigenvalue weighted by atomic mass is 127. The third kappa shape index (κ3) is 4.44. The van der Waals surface area contributed by atoms with Gasteiger partial charge >= 0.3 is 0 Å². The molecule has 2 rings (SSSR count). The Bertz CT molecular complexity index is 504. The van der Waals surface area contributed by atoms with Gasteiger partial charge in [-0.2, -0.15) is 0 Å². The number of fused-ring (bicyclic) bond motifs is 1. The standard InChI is InChI=1S/C16H23N3O.HI/c1-3-11-18-15(17-4-2)19-12-16(20)10-9-13-7-5-6-8-14(13)16;/h3,5-8,20H,1,4,9-12H2,2H3,(H2,17,18,19);1H. The van der Waals surface area contributed by atoms with Crippen molar-refractivity contribution in [2.75, 3.05) is 19.6 Å². The van der Waals surface area contributed by atoms with Crippen molar-refractivity contribution >= 4 is 29.9 Å². The van der Waals surface area contributed by atoms with Gasteiger partial charge in [0.25, 0.3) is 0 Å². The molecule has 0 saturated heterocycles. The van der Waals surface area contributed by atoms with Crippen molar-refractivity contribution in [3.05, 3.63) is 48.0 Å². The number of rotatable bonds is 5. The van der Waals surface area contributed by atoms with E-state index in [9.17, 15) is 5.11 Å². The van der Waals surface area contributed by atoms with Gasteiger partial charge in [-0.15, -0.1) is 30.6 Å². The summed E-state index contributed by atoms with van der Waals surface area (Å²) < 4.78 is 0. The van der Waals surface area contributed by atoms with Gasteiger partial charge in [0.05, 0.1) is 6.54 Å². The SMILES string of the molecule is C=CCNC(=NCC1(O)CCc2ccccc21)NCC.I. The van der Waals surface area contributed by atoms with Crippen LogP contribution in [-0.2, 0) is 12.0 Å². The lowest BCUT2D eigenvalue weighted by Gasteiger charge is -2.22. The molecule has 21 heavy (non-hydrogen) atoms. The van der Waals surface area contributed by atoms with E-state index >= 15 is 0 Å². The molecule has 0 heterocycles. The summed E-state index contributed by atoms with van der Waals surface area (Å²) in [6.07, 6.45) is 3.43. The monoisotopic (exact) mass is 401 g/mol. The topological polar surface area (TPSA) is 56.7 Å². The van der Waals surface area contributed by atoms with Gasteiger partial charge in [0.15, 0.2) is 5.96 Å². The first kappa shape index (κ1) is 18.0. The van der Waals surface area contributed by atoms with Crippen molar-refractivity contribution in [2.45, 2.75) is 25.4 Å². The minimum Gasteiger partial charge on any atom is -0.383 e. The van der Waals surface area contributed by atoms with Crippen LogP contribution >= 0.6 is 24.0 Å². The summed E-state index contributed by atoms with van der Waals surface area (Å²) in [5, 5.41) is 17.1. The molecule has 116 valence electrons. The molecule has 3 N–H and O–H groups in total. The molecule has 0 spiro atoms. The second kappa shape index (κ2) is 8.38. The van der Waals surface area contributed by atoms with Crippen LogP contribution < -0.4 is 10.6 Å². The molecule has 1 atom stereocenters. The van der Waals surface area contributed by atoms with Crippen molar-refractivity contribution in [1.29, 1.82) is 0 Å². The number of hydrogen-bond acceptors (Lipinski definition) is 2. The van der Waals surface area contributed by atoms with Gasteiger partial charge in [-0.1, -0.05) is 30.3 Å². The maximum Gasteiger partial charge on any atom is 0.191 e. The van der Waals surface area contributed by atoms with Gasteiger partial charge in [0.2, 0.25) is 0 Å². The number of nitrogens with zero attached hydrogens (tertiary/aromatic N) is 1. The molecule has 1 aliphatic rings. The van der Waals surface area contributed by atoms with Crippen molar-refractivity contribution in [1.82, 2.24) is 10.6 Å². The molecular weight excluding hydrogens is 377 g/mol. The largest absolute Gasteiger partial charge is 0.383 e. The summed E-state index contributed by atoms with van der Waals surface area (Å²) in [6.45, 7) is 7.51. The van der Waals surface area contributed by atoms with Crippen molar-refractivity contribution < 1.29 is 5.11 Å². The van der Waals surface area contributed by atoms with Crippen LogP contribution in [0.4, 0.5) is 0 Å². The summed E-state index contributed by atoms with van der Waals surface area (Å²) in [4.78, 5) is 4.50. The van der Waals surface area contributed by atoms with Crippen LogP contribution in [-0.4, -0.2) is 30.7 Å². The van der Waals surface area contributed by atoms with Crippen LogP contribution in [0.3, 0.4) is 0 Å². The van der Waals surface area contributed by atoms with E-state index in [0.717, 1.165) is 24.9 Å². The first-order valence-electron chi connectivity index (χ1n) is 7.13. The Morgan fingerprint density at radius 1 is 1.43 bits per heavy atom. The quantitative estimate of drug-likeness (QED) is 0.307. The molecule has 0 aromatic heterocycles. The molecule has 0 fully saturated rings. The van der Waals surface area contributed by atoms with E-state index in [2.05, 4.69) is 28.3 Å². The number of benzene rings is 1. The van der Waals surface area contributed by atoms with E-state index in [1.54, 1.807) is 6.08 Å². The van der Waals surface area contributed by atoms with E-state index in [1.165, 1.54) is 5.56 Å². The number of halogens is 1. The minimum absolute atomic E-state index is 0. The maximum absolute atomic E-state index is 10.8. The Morgan fingerprint density at radius 3 is 2.90 bits per heavy atom. The normalized spacial score (nSPS) is 20.4. The molecule has 1 aromatic carbocycles. The van der Waals surface area contributed by atoms with Crippen molar-refractivity contribution in [3.8, 4) is 0 Å². The minimum atomic E-state index is -0.840. The Labute approximate surface area is 143 Å². The van der Waals surface area contributed by atoms with Crippen LogP contribution in [0.5, 0.6) is 0 Å². The van der Waals surface area contributed by atoms with E-state index in [4.69, 9.17) is 0 Å². The lowest BCUT2D eigenvalue weighted by Crippen LogP contribution is -2.39. The molecule has 0 bridgehead atoms. The van der Waals surface area contributed by atoms with Gasteiger partial charge in [-0.25, -0.2) is 4.99 Å². The first-order chi connectivity index (χ1) is 9.69. The highest BCUT2D eigenvalue weighted by molar-refractivity contribution is 14.0. The maximum atomic E-state index is 10.8. The molecule has 5 heteroatoms. The zero-order valence-corrected chi connectivity index (χ0v) is 14.8. The van der Waals surface area contributed by atoms with Crippen LogP contribution in [0, 0.1) is 0 Å². The highest BCUT2D eigenvalue weighted by Gasteiger charge is 2.36. The van der Waals surface area contributed by atoms with Gasteiger partial charge in [0.1, 0.15) is 5.60 Å². The van der Waals surface area contributed by atoms with E-state index in [1.807, 2.05) is 25.1 Å². The second-order valence-electron chi connectivity index (χ2n) is 5.05. The molecular formula is C16H24IN3O. The van der Waals surface area contributed by atoms with Crippen molar-refractivity contribution in [2.24, 2.45) is 4.99 Å². The van der Waals surface area contributed by atoms with Crippen LogP contribution in [0.15, 0.2) is 41.9 Å². The number of guanidine groups is 1. The number of aryl methyl sites for hydroxylation is 1. The summed E-state index contributed by atoms with van der Waals surface area (Å²) >= 11 is 0. The fourth-order valence-corrected chi connectivity index (χ4v) is 2.55. The molecule has 1 unspecified atom stereocenters. The Balaban J connectivity index is 0.00000220. The Morgan fingerprint density at radius 2 is 2.19 bits per heavy atom.